The van der Waals surface area contributed by atoms with Crippen LogP contribution in [0.15, 0.2) is 18.2 Å². The summed E-state index contributed by atoms with van der Waals surface area (Å²) in [5.74, 6) is 1.29. The molecule has 27 heavy (non-hydrogen) atoms. The van der Waals surface area contributed by atoms with Gasteiger partial charge in [-0.1, -0.05) is 13.0 Å². The molecule has 1 atom stereocenters. The van der Waals surface area contributed by atoms with Gasteiger partial charge in [0.2, 0.25) is 0 Å². The number of aryl methyl sites for hydroxylation is 1. The molecular formula is C17H20N6O4. The predicted molar refractivity (Wildman–Crippen MR) is 92.0 cm³/mol. The van der Waals surface area contributed by atoms with E-state index in [0.717, 1.165) is 11.3 Å². The van der Waals surface area contributed by atoms with Gasteiger partial charge in [0.05, 0.1) is 6.54 Å². The molecule has 1 saturated heterocycles. The fourth-order valence-electron chi connectivity index (χ4n) is 3.25. The number of tetrazole rings is 1. The third-order valence-corrected chi connectivity index (χ3v) is 4.74. The Bertz CT molecular complexity index is 897. The minimum Gasteiger partial charge on any atom is -0.486 e. The van der Waals surface area contributed by atoms with Crippen LogP contribution in [0.5, 0.6) is 11.5 Å². The molecule has 0 spiro atoms. The topological polar surface area (TPSA) is 111 Å². The van der Waals surface area contributed by atoms with Gasteiger partial charge in [-0.25, -0.2) is 9.48 Å². The number of hydrogen-bond acceptors (Lipinski definition) is 7. The van der Waals surface area contributed by atoms with E-state index in [2.05, 4.69) is 20.8 Å². The van der Waals surface area contributed by atoms with Crippen LogP contribution in [0, 0.1) is 0 Å². The number of imide groups is 1. The number of aromatic nitrogens is 4. The summed E-state index contributed by atoms with van der Waals surface area (Å²) in [6, 6.07) is 4.76. The number of hydrogen-bond donors (Lipinski definition) is 1. The first-order chi connectivity index (χ1) is 13.0. The van der Waals surface area contributed by atoms with Crippen molar-refractivity contribution in [3.63, 3.8) is 0 Å². The van der Waals surface area contributed by atoms with Gasteiger partial charge >= 0.3 is 6.03 Å². The van der Waals surface area contributed by atoms with Crippen LogP contribution in [-0.4, -0.2) is 50.3 Å². The average Bonchev–Trinajstić information content (AvgIpc) is 3.20. The summed E-state index contributed by atoms with van der Waals surface area (Å²) in [5.41, 5.74) is -0.573. The smallest absolute Gasteiger partial charge is 0.325 e. The minimum absolute atomic E-state index is 0.0117. The second kappa shape index (κ2) is 6.53. The van der Waals surface area contributed by atoms with Crippen molar-refractivity contribution in [2.75, 3.05) is 13.2 Å². The molecule has 1 aromatic heterocycles. The fraction of sp³-hybridized carbons (Fsp3) is 0.471. The Morgan fingerprint density at radius 1 is 1.22 bits per heavy atom. The van der Waals surface area contributed by atoms with E-state index < -0.39 is 11.6 Å². The molecular weight excluding hydrogens is 352 g/mol. The van der Waals surface area contributed by atoms with Gasteiger partial charge in [-0.3, -0.25) is 9.69 Å². The van der Waals surface area contributed by atoms with Gasteiger partial charge < -0.3 is 14.8 Å². The van der Waals surface area contributed by atoms with Crippen LogP contribution in [0.3, 0.4) is 0 Å². The average molecular weight is 372 g/mol. The molecule has 3 amide bonds. The summed E-state index contributed by atoms with van der Waals surface area (Å²) in [6.07, 6.45) is 0.840. The lowest BCUT2D eigenvalue weighted by atomic mass is 9.91. The van der Waals surface area contributed by atoms with E-state index in [-0.39, 0.29) is 12.5 Å². The lowest BCUT2D eigenvalue weighted by molar-refractivity contribution is -0.131. The molecule has 4 rings (SSSR count). The number of carbonyl (C=O) groups excluding carboxylic acids is 2. The third-order valence-electron chi connectivity index (χ3n) is 4.74. The maximum Gasteiger partial charge on any atom is 0.325 e. The first-order valence-electron chi connectivity index (χ1n) is 8.82. The van der Waals surface area contributed by atoms with E-state index in [0.29, 0.717) is 42.6 Å². The molecule has 142 valence electrons. The van der Waals surface area contributed by atoms with Crippen molar-refractivity contribution < 1.29 is 19.1 Å². The van der Waals surface area contributed by atoms with Crippen LogP contribution < -0.4 is 14.8 Å². The lowest BCUT2D eigenvalue weighted by Gasteiger charge is -2.25. The highest BCUT2D eigenvalue weighted by atomic mass is 16.6. The van der Waals surface area contributed by atoms with E-state index in [1.165, 1.54) is 0 Å². The zero-order valence-electron chi connectivity index (χ0n) is 15.1. The van der Waals surface area contributed by atoms with Gasteiger partial charge in [-0.05, 0) is 41.5 Å². The number of nitrogens with one attached hydrogen (secondary N) is 1. The number of amides is 3. The SMILES string of the molecule is CCCn1nnnc1CN1C(=O)N[C@@](C)(c2ccc3c(c2)OCCO3)C1=O. The normalized spacial score (nSPS) is 21.5. The predicted octanol–water partition coefficient (Wildman–Crippen LogP) is 0.821. The maximum absolute atomic E-state index is 13.1. The molecule has 1 aromatic carbocycles. The summed E-state index contributed by atoms with van der Waals surface area (Å²) in [7, 11) is 0. The van der Waals surface area contributed by atoms with E-state index in [4.69, 9.17) is 9.47 Å². The molecule has 1 fully saturated rings. The number of fused-ring (bicyclic) bond motifs is 1. The molecule has 0 saturated carbocycles. The molecule has 3 heterocycles. The Morgan fingerprint density at radius 2 is 2.00 bits per heavy atom. The summed E-state index contributed by atoms with van der Waals surface area (Å²) in [6.45, 7) is 5.23. The van der Waals surface area contributed by atoms with Crippen molar-refractivity contribution in [1.82, 2.24) is 30.4 Å². The highest BCUT2D eigenvalue weighted by molar-refractivity contribution is 6.07. The first-order valence-corrected chi connectivity index (χ1v) is 8.82. The molecule has 0 aliphatic carbocycles. The number of rotatable bonds is 5. The molecule has 2 aliphatic heterocycles. The van der Waals surface area contributed by atoms with E-state index >= 15 is 0 Å². The van der Waals surface area contributed by atoms with Crippen LogP contribution in [0.2, 0.25) is 0 Å². The van der Waals surface area contributed by atoms with Gasteiger partial charge in [0, 0.05) is 6.54 Å². The van der Waals surface area contributed by atoms with Crippen LogP contribution in [0.4, 0.5) is 4.79 Å². The van der Waals surface area contributed by atoms with Gasteiger partial charge in [0.1, 0.15) is 18.8 Å². The highest BCUT2D eigenvalue weighted by Crippen LogP contribution is 2.37. The summed E-state index contributed by atoms with van der Waals surface area (Å²) >= 11 is 0. The van der Waals surface area contributed by atoms with E-state index in [9.17, 15) is 9.59 Å². The van der Waals surface area contributed by atoms with E-state index in [1.54, 1.807) is 29.8 Å². The third kappa shape index (κ3) is 2.86. The Hall–Kier alpha value is -3.17. The highest BCUT2D eigenvalue weighted by Gasteiger charge is 2.49. The maximum atomic E-state index is 13.1. The molecule has 2 aromatic rings. The number of ether oxygens (including phenoxy) is 2. The number of benzene rings is 1. The molecule has 10 nitrogen and oxygen atoms in total. The van der Waals surface area contributed by atoms with Gasteiger partial charge in [-0.2, -0.15) is 0 Å². The van der Waals surface area contributed by atoms with Crippen LogP contribution in [-0.2, 0) is 23.4 Å². The Kier molecular flexibility index (Phi) is 4.17. The molecule has 2 aliphatic rings. The summed E-state index contributed by atoms with van der Waals surface area (Å²) in [4.78, 5) is 26.7. The van der Waals surface area contributed by atoms with Crippen molar-refractivity contribution in [3.05, 3.63) is 29.6 Å². The van der Waals surface area contributed by atoms with Gasteiger partial charge in [0.15, 0.2) is 17.3 Å². The second-order valence-electron chi connectivity index (χ2n) is 6.62. The second-order valence-corrected chi connectivity index (χ2v) is 6.62. The van der Waals surface area contributed by atoms with Crippen LogP contribution >= 0.6 is 0 Å². The summed E-state index contributed by atoms with van der Waals surface area (Å²) in [5, 5.41) is 14.3. The zero-order valence-corrected chi connectivity index (χ0v) is 15.1. The standard InChI is InChI=1S/C17H20N6O4/c1-3-6-23-14(19-20-21-23)10-22-15(24)17(2,18-16(22)25)11-4-5-12-13(9-11)27-8-7-26-12/h4-5,9H,3,6-8,10H2,1-2H3,(H,18,25)/t17-/m0/s1. The molecule has 1 N–H and O–H groups in total. The van der Waals surface area contributed by atoms with Crippen LogP contribution in [0.25, 0.3) is 0 Å². The quantitative estimate of drug-likeness (QED) is 0.774. The largest absolute Gasteiger partial charge is 0.486 e. The Morgan fingerprint density at radius 3 is 2.78 bits per heavy atom. The first kappa shape index (κ1) is 17.3. The van der Waals surface area contributed by atoms with Crippen molar-refractivity contribution in [3.8, 4) is 11.5 Å². The van der Waals surface area contributed by atoms with Crippen molar-refractivity contribution in [2.24, 2.45) is 0 Å². The number of carbonyl (C=O) groups is 2. The van der Waals surface area contributed by atoms with Crippen molar-refractivity contribution in [1.29, 1.82) is 0 Å². The van der Waals surface area contributed by atoms with Crippen LogP contribution in [0.1, 0.15) is 31.7 Å². The molecule has 0 bridgehead atoms. The van der Waals surface area contributed by atoms with E-state index in [1.807, 2.05) is 6.92 Å². The molecule has 10 heteroatoms. The fourth-order valence-corrected chi connectivity index (χ4v) is 3.25. The Labute approximate surface area is 155 Å². The molecule has 0 unspecified atom stereocenters. The van der Waals surface area contributed by atoms with Crippen molar-refractivity contribution in [2.45, 2.75) is 38.9 Å². The van der Waals surface area contributed by atoms with Crippen molar-refractivity contribution >= 4 is 11.9 Å². The monoisotopic (exact) mass is 372 g/mol. The minimum atomic E-state index is -1.20. The summed E-state index contributed by atoms with van der Waals surface area (Å²) < 4.78 is 12.7. The zero-order chi connectivity index (χ0) is 19.0. The lowest BCUT2D eigenvalue weighted by Crippen LogP contribution is -2.41. The number of urea groups is 1. The van der Waals surface area contributed by atoms with Gasteiger partial charge in [0.25, 0.3) is 5.91 Å². The Balaban J connectivity index is 1.61. The van der Waals surface area contributed by atoms with Gasteiger partial charge in [-0.15, -0.1) is 5.10 Å². The molecule has 0 radical (unpaired) electrons. The number of nitrogens with zero attached hydrogens (tertiary/aromatic N) is 5.